The first kappa shape index (κ1) is 17.5. The van der Waals surface area contributed by atoms with Gasteiger partial charge in [0.15, 0.2) is 0 Å². The van der Waals surface area contributed by atoms with Crippen LogP contribution in [0.1, 0.15) is 52.9 Å². The largest absolute Gasteiger partial charge is 0.390 e. The van der Waals surface area contributed by atoms with Gasteiger partial charge in [0.25, 0.3) is 0 Å². The van der Waals surface area contributed by atoms with Crippen molar-refractivity contribution in [1.29, 1.82) is 0 Å². The summed E-state index contributed by atoms with van der Waals surface area (Å²) >= 11 is 0. The van der Waals surface area contributed by atoms with Crippen molar-refractivity contribution in [3.63, 3.8) is 0 Å². The zero-order chi connectivity index (χ0) is 16.1. The molecule has 3 atom stereocenters. The average Bonchev–Trinajstić information content (AvgIpc) is 2.47. The maximum absolute atomic E-state index is 12.3. The number of rotatable bonds is 4. The van der Waals surface area contributed by atoms with Crippen molar-refractivity contribution in [1.82, 2.24) is 15.1 Å². The van der Waals surface area contributed by atoms with Gasteiger partial charge in [-0.15, -0.1) is 0 Å². The molecule has 5 nitrogen and oxygen atoms in total. The van der Waals surface area contributed by atoms with Crippen LogP contribution in [0.15, 0.2) is 0 Å². The second-order valence-corrected chi connectivity index (χ2v) is 7.36. The van der Waals surface area contributed by atoms with Gasteiger partial charge in [0.2, 0.25) is 0 Å². The van der Waals surface area contributed by atoms with Crippen LogP contribution in [0.25, 0.3) is 0 Å². The number of carbonyl (C=O) groups is 1. The number of nitrogens with one attached hydrogen (secondary N) is 1. The summed E-state index contributed by atoms with van der Waals surface area (Å²) in [7, 11) is 0. The Balaban J connectivity index is 1.71. The third-order valence-corrected chi connectivity index (χ3v) is 5.26. The Hall–Kier alpha value is -0.810. The third-order valence-electron chi connectivity index (χ3n) is 5.26. The lowest BCUT2D eigenvalue weighted by Crippen LogP contribution is -2.53. The molecule has 0 aromatic carbocycles. The Labute approximate surface area is 135 Å². The van der Waals surface area contributed by atoms with E-state index in [1.54, 1.807) is 0 Å². The molecular weight excluding hydrogens is 278 g/mol. The lowest BCUT2D eigenvalue weighted by Gasteiger charge is -2.39. The number of aliphatic hydroxyl groups is 1. The normalized spacial score (nSPS) is 29.4. The number of amides is 2. The first-order chi connectivity index (χ1) is 10.5. The number of β-amino-alcohol motifs (C(OH)–C–C–N with tert-alkyl or cyclic N) is 1. The van der Waals surface area contributed by atoms with E-state index in [1.807, 2.05) is 4.90 Å². The summed E-state index contributed by atoms with van der Waals surface area (Å²) in [6.45, 7) is 9.65. The number of aliphatic hydroxyl groups excluding tert-OH is 1. The first-order valence-electron chi connectivity index (χ1n) is 8.94. The molecule has 2 saturated heterocycles. The molecule has 2 rings (SSSR count). The molecule has 0 saturated carbocycles. The van der Waals surface area contributed by atoms with Gasteiger partial charge in [0, 0.05) is 25.2 Å². The van der Waals surface area contributed by atoms with Crippen LogP contribution >= 0.6 is 0 Å². The Morgan fingerprint density at radius 3 is 2.32 bits per heavy atom. The van der Waals surface area contributed by atoms with Crippen LogP contribution in [-0.4, -0.2) is 65.3 Å². The van der Waals surface area contributed by atoms with Crippen molar-refractivity contribution in [3.05, 3.63) is 0 Å². The topological polar surface area (TPSA) is 55.8 Å². The van der Waals surface area contributed by atoms with Gasteiger partial charge in [-0.05, 0) is 65.0 Å². The fourth-order valence-electron chi connectivity index (χ4n) is 3.73. The maximum Gasteiger partial charge on any atom is 0.317 e. The quantitative estimate of drug-likeness (QED) is 0.835. The SMILES string of the molecule is CC1CCN(C[C@H](O)CNC(=O)N2[C@H](C)CCC[C@H]2C)CC1. The lowest BCUT2D eigenvalue weighted by atomic mass is 9.98. The molecule has 0 aromatic heterocycles. The molecule has 2 aliphatic rings. The van der Waals surface area contributed by atoms with Gasteiger partial charge < -0.3 is 20.2 Å². The van der Waals surface area contributed by atoms with Gasteiger partial charge in [-0.3, -0.25) is 0 Å². The van der Waals surface area contributed by atoms with Crippen LogP contribution < -0.4 is 5.32 Å². The number of likely N-dealkylation sites (tertiary alicyclic amines) is 2. The Morgan fingerprint density at radius 1 is 1.14 bits per heavy atom. The second-order valence-electron chi connectivity index (χ2n) is 7.36. The van der Waals surface area contributed by atoms with Gasteiger partial charge >= 0.3 is 6.03 Å². The molecule has 2 fully saturated rings. The fourth-order valence-corrected chi connectivity index (χ4v) is 3.73. The summed E-state index contributed by atoms with van der Waals surface area (Å²) in [4.78, 5) is 16.6. The van der Waals surface area contributed by atoms with Gasteiger partial charge in [-0.1, -0.05) is 6.92 Å². The Kier molecular flexibility index (Phi) is 6.50. The Bertz CT molecular complexity index is 346. The van der Waals surface area contributed by atoms with E-state index in [0.29, 0.717) is 25.2 Å². The molecule has 0 spiro atoms. The van der Waals surface area contributed by atoms with Crippen molar-refractivity contribution in [2.75, 3.05) is 26.2 Å². The molecule has 5 heteroatoms. The Morgan fingerprint density at radius 2 is 1.73 bits per heavy atom. The van der Waals surface area contributed by atoms with E-state index in [1.165, 1.54) is 19.3 Å². The van der Waals surface area contributed by atoms with Crippen LogP contribution in [0.4, 0.5) is 4.79 Å². The monoisotopic (exact) mass is 311 g/mol. The predicted molar refractivity (Wildman–Crippen MR) is 88.9 cm³/mol. The molecule has 0 aromatic rings. The molecule has 0 bridgehead atoms. The van der Waals surface area contributed by atoms with E-state index in [2.05, 4.69) is 31.0 Å². The van der Waals surface area contributed by atoms with Crippen LogP contribution in [0.3, 0.4) is 0 Å². The van der Waals surface area contributed by atoms with Gasteiger partial charge in [-0.2, -0.15) is 0 Å². The summed E-state index contributed by atoms with van der Waals surface area (Å²) in [6, 6.07) is 0.569. The summed E-state index contributed by atoms with van der Waals surface area (Å²) in [5.74, 6) is 0.801. The van der Waals surface area contributed by atoms with Crippen LogP contribution in [0.5, 0.6) is 0 Å². The van der Waals surface area contributed by atoms with Gasteiger partial charge in [0.05, 0.1) is 6.10 Å². The average molecular weight is 311 g/mol. The highest BCUT2D eigenvalue weighted by atomic mass is 16.3. The number of hydrogen-bond acceptors (Lipinski definition) is 3. The summed E-state index contributed by atoms with van der Waals surface area (Å²) < 4.78 is 0. The van der Waals surface area contributed by atoms with Crippen LogP contribution in [0, 0.1) is 5.92 Å². The van der Waals surface area contributed by atoms with Gasteiger partial charge in [-0.25, -0.2) is 4.79 Å². The van der Waals surface area contributed by atoms with E-state index in [0.717, 1.165) is 31.8 Å². The summed E-state index contributed by atoms with van der Waals surface area (Å²) in [5.41, 5.74) is 0. The molecule has 2 N–H and O–H groups in total. The molecule has 2 aliphatic heterocycles. The van der Waals surface area contributed by atoms with E-state index in [9.17, 15) is 9.90 Å². The molecule has 0 radical (unpaired) electrons. The van der Waals surface area contributed by atoms with E-state index in [-0.39, 0.29) is 6.03 Å². The number of nitrogens with zero attached hydrogens (tertiary/aromatic N) is 2. The highest BCUT2D eigenvalue weighted by Gasteiger charge is 2.29. The molecule has 2 heterocycles. The van der Waals surface area contributed by atoms with Gasteiger partial charge in [0.1, 0.15) is 0 Å². The van der Waals surface area contributed by atoms with E-state index >= 15 is 0 Å². The molecule has 128 valence electrons. The smallest absolute Gasteiger partial charge is 0.317 e. The molecule has 2 amide bonds. The number of piperidine rings is 2. The van der Waals surface area contributed by atoms with Crippen molar-refractivity contribution < 1.29 is 9.90 Å². The number of hydrogen-bond donors (Lipinski definition) is 2. The lowest BCUT2D eigenvalue weighted by molar-refractivity contribution is 0.0851. The highest BCUT2D eigenvalue weighted by Crippen LogP contribution is 2.22. The van der Waals surface area contributed by atoms with Crippen molar-refractivity contribution >= 4 is 6.03 Å². The number of carbonyl (C=O) groups excluding carboxylic acids is 1. The second kappa shape index (κ2) is 8.16. The summed E-state index contributed by atoms with van der Waals surface area (Å²) in [5, 5.41) is 13.1. The minimum atomic E-state index is -0.479. The molecular formula is C17H33N3O2. The molecule has 0 aliphatic carbocycles. The molecule has 22 heavy (non-hydrogen) atoms. The van der Waals surface area contributed by atoms with E-state index in [4.69, 9.17) is 0 Å². The predicted octanol–water partition coefficient (Wildman–Crippen LogP) is 2.05. The van der Waals surface area contributed by atoms with Crippen molar-refractivity contribution in [3.8, 4) is 0 Å². The van der Waals surface area contributed by atoms with Crippen molar-refractivity contribution in [2.24, 2.45) is 5.92 Å². The fraction of sp³-hybridized carbons (Fsp3) is 0.941. The molecule has 0 unspecified atom stereocenters. The standard InChI is InChI=1S/C17H33N3O2/c1-13-7-9-19(10-8-13)12-16(21)11-18-17(22)20-14(2)5-4-6-15(20)3/h13-16,21H,4-12H2,1-3H3,(H,18,22)/t14-,15-,16-/m1/s1. The van der Waals surface area contributed by atoms with Crippen molar-refractivity contribution in [2.45, 2.75) is 71.1 Å². The number of urea groups is 1. The summed E-state index contributed by atoms with van der Waals surface area (Å²) in [6.07, 6.45) is 5.29. The van der Waals surface area contributed by atoms with Crippen LogP contribution in [0.2, 0.25) is 0 Å². The maximum atomic E-state index is 12.3. The van der Waals surface area contributed by atoms with Crippen LogP contribution in [-0.2, 0) is 0 Å². The highest BCUT2D eigenvalue weighted by molar-refractivity contribution is 5.75. The first-order valence-corrected chi connectivity index (χ1v) is 8.94. The zero-order valence-corrected chi connectivity index (χ0v) is 14.4. The van der Waals surface area contributed by atoms with E-state index < -0.39 is 6.10 Å². The third kappa shape index (κ3) is 4.85. The minimum Gasteiger partial charge on any atom is -0.390 e. The minimum absolute atomic E-state index is 0.0222. The zero-order valence-electron chi connectivity index (χ0n) is 14.4.